The molecule has 0 bridgehead atoms. The first-order valence-electron chi connectivity index (χ1n) is 6.48. The third kappa shape index (κ3) is 1.97. The summed E-state index contributed by atoms with van der Waals surface area (Å²) in [4.78, 5) is 4.44. The van der Waals surface area contributed by atoms with Gasteiger partial charge in [-0.15, -0.1) is 0 Å². The standard InChI is InChI=1S/C16H17N3/c1-11(2)13-8-16-15(9-14(13)17)18-10-19(16)12-6-4-3-5-7-12/h3-11H,17H2,1-2H3. The number of fused-ring (bicyclic) bond motifs is 1. The molecule has 3 aromatic rings. The molecule has 0 aliphatic carbocycles. The van der Waals surface area contributed by atoms with E-state index in [1.54, 1.807) is 0 Å². The molecule has 3 heteroatoms. The first kappa shape index (κ1) is 11.8. The summed E-state index contributed by atoms with van der Waals surface area (Å²) in [6.07, 6.45) is 1.85. The van der Waals surface area contributed by atoms with Crippen molar-refractivity contribution in [1.82, 2.24) is 9.55 Å². The van der Waals surface area contributed by atoms with Crippen LogP contribution in [0.25, 0.3) is 16.7 Å². The number of hydrogen-bond acceptors (Lipinski definition) is 2. The fourth-order valence-electron chi connectivity index (χ4n) is 2.38. The summed E-state index contributed by atoms with van der Waals surface area (Å²) in [7, 11) is 0. The van der Waals surface area contributed by atoms with Gasteiger partial charge >= 0.3 is 0 Å². The van der Waals surface area contributed by atoms with E-state index in [0.717, 1.165) is 22.4 Å². The predicted octanol–water partition coefficient (Wildman–Crippen LogP) is 3.73. The van der Waals surface area contributed by atoms with Crippen LogP contribution in [0, 0.1) is 0 Å². The number of benzene rings is 2. The molecule has 0 spiro atoms. The van der Waals surface area contributed by atoms with Gasteiger partial charge in [-0.1, -0.05) is 32.0 Å². The van der Waals surface area contributed by atoms with Gasteiger partial charge in [-0.05, 0) is 35.7 Å². The lowest BCUT2D eigenvalue weighted by atomic mass is 10.0. The number of anilines is 1. The van der Waals surface area contributed by atoms with E-state index in [4.69, 9.17) is 5.73 Å². The van der Waals surface area contributed by atoms with Crippen molar-refractivity contribution in [2.75, 3.05) is 5.73 Å². The van der Waals surface area contributed by atoms with Crippen molar-refractivity contribution >= 4 is 16.7 Å². The van der Waals surface area contributed by atoms with E-state index in [2.05, 4.69) is 41.6 Å². The molecule has 0 atom stereocenters. The molecule has 0 unspecified atom stereocenters. The number of hydrogen-bond donors (Lipinski definition) is 1. The second-order valence-corrected chi connectivity index (χ2v) is 5.07. The monoisotopic (exact) mass is 251 g/mol. The molecular formula is C16H17N3. The summed E-state index contributed by atoms with van der Waals surface area (Å²) < 4.78 is 2.10. The lowest BCUT2D eigenvalue weighted by Crippen LogP contribution is -1.98. The molecule has 0 aliphatic rings. The van der Waals surface area contributed by atoms with Gasteiger partial charge in [0.15, 0.2) is 0 Å². The van der Waals surface area contributed by atoms with Crippen molar-refractivity contribution in [3.63, 3.8) is 0 Å². The van der Waals surface area contributed by atoms with Crippen LogP contribution in [0.15, 0.2) is 48.8 Å². The van der Waals surface area contributed by atoms with E-state index in [0.29, 0.717) is 5.92 Å². The van der Waals surface area contributed by atoms with E-state index in [-0.39, 0.29) is 0 Å². The van der Waals surface area contributed by atoms with Crippen molar-refractivity contribution in [1.29, 1.82) is 0 Å². The van der Waals surface area contributed by atoms with Crippen molar-refractivity contribution < 1.29 is 0 Å². The van der Waals surface area contributed by atoms with Crippen LogP contribution in [0.5, 0.6) is 0 Å². The van der Waals surface area contributed by atoms with Gasteiger partial charge in [0, 0.05) is 11.4 Å². The molecule has 0 saturated heterocycles. The van der Waals surface area contributed by atoms with Gasteiger partial charge in [0.1, 0.15) is 6.33 Å². The number of nitrogen functional groups attached to an aromatic ring is 1. The molecule has 0 aliphatic heterocycles. The van der Waals surface area contributed by atoms with E-state index in [9.17, 15) is 0 Å². The van der Waals surface area contributed by atoms with E-state index in [1.807, 2.05) is 30.6 Å². The Labute approximate surface area is 112 Å². The second-order valence-electron chi connectivity index (χ2n) is 5.07. The Morgan fingerprint density at radius 3 is 2.53 bits per heavy atom. The Kier molecular flexibility index (Phi) is 2.75. The molecule has 0 saturated carbocycles. The van der Waals surface area contributed by atoms with Crippen molar-refractivity contribution in [2.24, 2.45) is 0 Å². The quantitative estimate of drug-likeness (QED) is 0.705. The summed E-state index contributed by atoms with van der Waals surface area (Å²) in [5.41, 5.74) is 11.2. The Balaban J connectivity index is 2.25. The van der Waals surface area contributed by atoms with Crippen molar-refractivity contribution in [3.05, 3.63) is 54.4 Å². The molecular weight excluding hydrogens is 234 g/mol. The number of para-hydroxylation sites is 1. The van der Waals surface area contributed by atoms with E-state index in [1.165, 1.54) is 5.56 Å². The van der Waals surface area contributed by atoms with Crippen LogP contribution >= 0.6 is 0 Å². The Morgan fingerprint density at radius 1 is 1.11 bits per heavy atom. The Hall–Kier alpha value is -2.29. The van der Waals surface area contributed by atoms with E-state index >= 15 is 0 Å². The normalized spacial score (nSPS) is 11.3. The second kappa shape index (κ2) is 4.43. The minimum absolute atomic E-state index is 0.406. The molecule has 2 N–H and O–H groups in total. The van der Waals surface area contributed by atoms with Gasteiger partial charge in [-0.25, -0.2) is 4.98 Å². The summed E-state index contributed by atoms with van der Waals surface area (Å²) in [5.74, 6) is 0.406. The summed E-state index contributed by atoms with van der Waals surface area (Å²) in [6.45, 7) is 4.31. The van der Waals surface area contributed by atoms with Crippen LogP contribution in [-0.4, -0.2) is 9.55 Å². The molecule has 1 heterocycles. The molecule has 96 valence electrons. The smallest absolute Gasteiger partial charge is 0.100 e. The van der Waals surface area contributed by atoms with Crippen LogP contribution in [0.3, 0.4) is 0 Å². The zero-order valence-corrected chi connectivity index (χ0v) is 11.2. The highest BCUT2D eigenvalue weighted by Gasteiger charge is 2.10. The number of nitrogens with zero attached hydrogens (tertiary/aromatic N) is 2. The minimum atomic E-state index is 0.406. The van der Waals surface area contributed by atoms with Gasteiger partial charge < -0.3 is 5.73 Å². The van der Waals surface area contributed by atoms with Gasteiger partial charge in [0.25, 0.3) is 0 Å². The molecule has 3 rings (SSSR count). The molecule has 0 radical (unpaired) electrons. The highest BCUT2D eigenvalue weighted by molar-refractivity contribution is 5.82. The van der Waals surface area contributed by atoms with Crippen LogP contribution in [0.4, 0.5) is 5.69 Å². The largest absolute Gasteiger partial charge is 0.398 e. The number of nitrogens with two attached hydrogens (primary N) is 1. The molecule has 0 fully saturated rings. The lowest BCUT2D eigenvalue weighted by Gasteiger charge is -2.11. The topological polar surface area (TPSA) is 43.8 Å². The van der Waals surface area contributed by atoms with Crippen molar-refractivity contribution in [3.8, 4) is 5.69 Å². The Morgan fingerprint density at radius 2 is 1.84 bits per heavy atom. The average Bonchev–Trinajstić information content (AvgIpc) is 2.81. The summed E-state index contributed by atoms with van der Waals surface area (Å²) in [6, 6.07) is 14.3. The van der Waals surface area contributed by atoms with Gasteiger partial charge in [0.05, 0.1) is 11.0 Å². The molecule has 0 amide bonds. The molecule has 3 nitrogen and oxygen atoms in total. The van der Waals surface area contributed by atoms with Gasteiger partial charge in [-0.3, -0.25) is 4.57 Å². The number of imidazole rings is 1. The highest BCUT2D eigenvalue weighted by atomic mass is 15.0. The van der Waals surface area contributed by atoms with Crippen LogP contribution < -0.4 is 5.73 Å². The zero-order valence-electron chi connectivity index (χ0n) is 11.2. The third-order valence-electron chi connectivity index (χ3n) is 3.41. The first-order valence-corrected chi connectivity index (χ1v) is 6.48. The zero-order chi connectivity index (χ0) is 13.4. The summed E-state index contributed by atoms with van der Waals surface area (Å²) in [5, 5.41) is 0. The third-order valence-corrected chi connectivity index (χ3v) is 3.41. The maximum absolute atomic E-state index is 6.09. The van der Waals surface area contributed by atoms with Gasteiger partial charge in [-0.2, -0.15) is 0 Å². The molecule has 1 aromatic heterocycles. The highest BCUT2D eigenvalue weighted by Crippen LogP contribution is 2.28. The van der Waals surface area contributed by atoms with Crippen LogP contribution in [-0.2, 0) is 0 Å². The van der Waals surface area contributed by atoms with Gasteiger partial charge in [0.2, 0.25) is 0 Å². The van der Waals surface area contributed by atoms with E-state index < -0.39 is 0 Å². The number of rotatable bonds is 2. The van der Waals surface area contributed by atoms with Crippen LogP contribution in [0.2, 0.25) is 0 Å². The minimum Gasteiger partial charge on any atom is -0.398 e. The summed E-state index contributed by atoms with van der Waals surface area (Å²) >= 11 is 0. The Bertz CT molecular complexity index is 711. The fourth-order valence-corrected chi connectivity index (χ4v) is 2.38. The SMILES string of the molecule is CC(C)c1cc2c(cc1N)ncn2-c1ccccc1. The van der Waals surface area contributed by atoms with Crippen LogP contribution in [0.1, 0.15) is 25.3 Å². The fraction of sp³-hybridized carbons (Fsp3) is 0.188. The van der Waals surface area contributed by atoms with Crippen molar-refractivity contribution in [2.45, 2.75) is 19.8 Å². The molecule has 19 heavy (non-hydrogen) atoms. The molecule has 2 aromatic carbocycles. The maximum Gasteiger partial charge on any atom is 0.100 e. The average molecular weight is 251 g/mol. The predicted molar refractivity (Wildman–Crippen MR) is 79.6 cm³/mol. The maximum atomic E-state index is 6.09. The lowest BCUT2D eigenvalue weighted by molar-refractivity contribution is 0.871. The first-order chi connectivity index (χ1) is 9.16. The number of aromatic nitrogens is 2.